The van der Waals surface area contributed by atoms with Crippen molar-refractivity contribution in [3.05, 3.63) is 47.8 Å². The van der Waals surface area contributed by atoms with Gasteiger partial charge in [0.25, 0.3) is 11.8 Å². The number of halogens is 1. The molecule has 4 atom stereocenters. The Morgan fingerprint density at radius 3 is 2.13 bits per heavy atom. The molecule has 5 rings (SSSR count). The molecule has 1 aromatic carbocycles. The van der Waals surface area contributed by atoms with Crippen molar-refractivity contribution in [1.29, 1.82) is 0 Å². The normalized spacial score (nSPS) is 35.8. The standard InChI is InChI=1S/C18H15FN2O2/c19-11-3-1-10(2-4-11)9-20-21-16(22)14-12-5-6-13(15(14)17(21)23)18(12)7-8-18/h1-6,9,12-15H,7-8H2/b20-9-/t12-,13-,14-,15+/m1/s1. The fourth-order valence-electron chi connectivity index (χ4n) is 4.85. The van der Waals surface area contributed by atoms with Gasteiger partial charge in [0.15, 0.2) is 0 Å². The number of carbonyl (C=O) groups is 2. The summed E-state index contributed by atoms with van der Waals surface area (Å²) in [4.78, 5) is 25.4. The molecule has 1 aliphatic heterocycles. The van der Waals surface area contributed by atoms with E-state index in [0.717, 1.165) is 17.9 Å². The van der Waals surface area contributed by atoms with Crippen LogP contribution in [0.25, 0.3) is 0 Å². The van der Waals surface area contributed by atoms with E-state index >= 15 is 0 Å². The second kappa shape index (κ2) is 4.16. The van der Waals surface area contributed by atoms with Gasteiger partial charge in [0, 0.05) is 0 Å². The van der Waals surface area contributed by atoms with E-state index in [2.05, 4.69) is 17.3 Å². The van der Waals surface area contributed by atoms with Crippen molar-refractivity contribution in [2.45, 2.75) is 12.8 Å². The molecule has 1 saturated heterocycles. The molecule has 1 aromatic rings. The molecule has 2 saturated carbocycles. The van der Waals surface area contributed by atoms with Crippen LogP contribution in [0.15, 0.2) is 41.5 Å². The third-order valence-electron chi connectivity index (χ3n) is 6.02. The highest BCUT2D eigenvalue weighted by atomic mass is 19.1. The maximum absolute atomic E-state index is 12.9. The van der Waals surface area contributed by atoms with Crippen LogP contribution in [-0.4, -0.2) is 23.0 Å². The van der Waals surface area contributed by atoms with Crippen molar-refractivity contribution in [2.75, 3.05) is 0 Å². The highest BCUT2D eigenvalue weighted by Crippen LogP contribution is 2.73. The largest absolute Gasteiger partial charge is 0.272 e. The Hall–Kier alpha value is -2.30. The summed E-state index contributed by atoms with van der Waals surface area (Å²) in [7, 11) is 0. The monoisotopic (exact) mass is 310 g/mol. The number of hydrogen-bond acceptors (Lipinski definition) is 3. The second-order valence-electron chi connectivity index (χ2n) is 7.01. The topological polar surface area (TPSA) is 49.7 Å². The Bertz CT molecular complexity index is 745. The Balaban J connectivity index is 1.43. The van der Waals surface area contributed by atoms with Crippen molar-refractivity contribution in [2.24, 2.45) is 34.2 Å². The molecule has 2 bridgehead atoms. The Morgan fingerprint density at radius 1 is 1.04 bits per heavy atom. The molecule has 0 radical (unpaired) electrons. The number of hydrazone groups is 1. The summed E-state index contributed by atoms with van der Waals surface area (Å²) in [6, 6.07) is 5.78. The van der Waals surface area contributed by atoms with E-state index < -0.39 is 0 Å². The van der Waals surface area contributed by atoms with Gasteiger partial charge in [0.05, 0.1) is 18.1 Å². The highest BCUT2D eigenvalue weighted by Gasteiger charge is 2.73. The van der Waals surface area contributed by atoms with Crippen LogP contribution < -0.4 is 0 Å². The average Bonchev–Trinajstić information content (AvgIpc) is 3.15. The summed E-state index contributed by atoms with van der Waals surface area (Å²) in [5.74, 6) is -0.735. The van der Waals surface area contributed by atoms with Crippen molar-refractivity contribution in [1.82, 2.24) is 5.01 Å². The van der Waals surface area contributed by atoms with Crippen molar-refractivity contribution in [3.8, 4) is 0 Å². The number of imide groups is 1. The molecule has 3 aliphatic carbocycles. The molecule has 0 unspecified atom stereocenters. The number of fused-ring (bicyclic) bond motifs is 3. The zero-order valence-electron chi connectivity index (χ0n) is 12.4. The molecular formula is C18H15FN2O2. The lowest BCUT2D eigenvalue weighted by Crippen LogP contribution is -2.30. The van der Waals surface area contributed by atoms with E-state index in [1.807, 2.05) is 0 Å². The summed E-state index contributed by atoms with van der Waals surface area (Å²) < 4.78 is 12.9. The second-order valence-corrected chi connectivity index (χ2v) is 7.01. The van der Waals surface area contributed by atoms with Crippen LogP contribution >= 0.6 is 0 Å². The van der Waals surface area contributed by atoms with E-state index in [9.17, 15) is 14.0 Å². The van der Waals surface area contributed by atoms with Crippen molar-refractivity contribution < 1.29 is 14.0 Å². The van der Waals surface area contributed by atoms with E-state index in [0.29, 0.717) is 5.56 Å². The molecular weight excluding hydrogens is 295 g/mol. The predicted molar refractivity (Wildman–Crippen MR) is 80.6 cm³/mol. The molecule has 0 aromatic heterocycles. The van der Waals surface area contributed by atoms with Gasteiger partial charge in [0.1, 0.15) is 5.82 Å². The van der Waals surface area contributed by atoms with Crippen LogP contribution in [-0.2, 0) is 9.59 Å². The predicted octanol–water partition coefficient (Wildman–Crippen LogP) is 2.36. The van der Waals surface area contributed by atoms with Gasteiger partial charge in [-0.2, -0.15) is 10.1 Å². The Morgan fingerprint density at radius 2 is 1.61 bits per heavy atom. The number of carbonyl (C=O) groups excluding carboxylic acids is 2. The lowest BCUT2D eigenvalue weighted by Gasteiger charge is -2.18. The molecule has 3 fully saturated rings. The average molecular weight is 310 g/mol. The van der Waals surface area contributed by atoms with Crippen molar-refractivity contribution in [3.63, 3.8) is 0 Å². The van der Waals surface area contributed by atoms with Gasteiger partial charge in [-0.1, -0.05) is 24.3 Å². The van der Waals surface area contributed by atoms with Crippen LogP contribution in [0.5, 0.6) is 0 Å². The van der Waals surface area contributed by atoms with Crippen LogP contribution in [0.3, 0.4) is 0 Å². The number of allylic oxidation sites excluding steroid dienone is 2. The molecule has 1 heterocycles. The summed E-state index contributed by atoms with van der Waals surface area (Å²) >= 11 is 0. The molecule has 23 heavy (non-hydrogen) atoms. The molecule has 0 N–H and O–H groups in total. The summed E-state index contributed by atoms with van der Waals surface area (Å²) in [5.41, 5.74) is 0.858. The summed E-state index contributed by atoms with van der Waals surface area (Å²) in [6.45, 7) is 0. The quantitative estimate of drug-likeness (QED) is 0.478. The fourth-order valence-corrected chi connectivity index (χ4v) is 4.85. The first-order chi connectivity index (χ1) is 11.1. The summed E-state index contributed by atoms with van der Waals surface area (Å²) in [6.07, 6.45) is 7.97. The number of hydrogen-bond donors (Lipinski definition) is 0. The minimum absolute atomic E-state index is 0.179. The lowest BCUT2D eigenvalue weighted by molar-refractivity contribution is -0.141. The molecule has 5 heteroatoms. The number of benzene rings is 1. The number of nitrogens with zero attached hydrogens (tertiary/aromatic N) is 2. The van der Waals surface area contributed by atoms with Gasteiger partial charge in [-0.3, -0.25) is 9.59 Å². The van der Waals surface area contributed by atoms with E-state index in [4.69, 9.17) is 0 Å². The minimum Gasteiger partial charge on any atom is -0.272 e. The SMILES string of the molecule is O=C1[C@@H]2[C@H](C(=O)N1/N=C\c1ccc(F)cc1)[C@H]1C=C[C@H]2C12CC2. The maximum Gasteiger partial charge on any atom is 0.254 e. The van der Waals surface area contributed by atoms with E-state index in [1.54, 1.807) is 12.1 Å². The van der Waals surface area contributed by atoms with Gasteiger partial charge in [-0.25, -0.2) is 4.39 Å². The smallest absolute Gasteiger partial charge is 0.254 e. The van der Waals surface area contributed by atoms with Gasteiger partial charge in [0.2, 0.25) is 0 Å². The van der Waals surface area contributed by atoms with Crippen LogP contribution in [0.1, 0.15) is 18.4 Å². The molecule has 116 valence electrons. The Kier molecular flexibility index (Phi) is 2.38. The number of amides is 2. The van der Waals surface area contributed by atoms with Gasteiger partial charge >= 0.3 is 0 Å². The van der Waals surface area contributed by atoms with Gasteiger partial charge in [-0.15, -0.1) is 0 Å². The van der Waals surface area contributed by atoms with Crippen LogP contribution in [0, 0.1) is 34.9 Å². The number of rotatable bonds is 2. The molecule has 2 amide bonds. The molecule has 1 spiro atoms. The first kappa shape index (κ1) is 13.2. The third-order valence-corrected chi connectivity index (χ3v) is 6.02. The van der Waals surface area contributed by atoms with Crippen molar-refractivity contribution >= 4 is 18.0 Å². The summed E-state index contributed by atoms with van der Waals surface area (Å²) in [5, 5.41) is 5.12. The van der Waals surface area contributed by atoms with Crippen LogP contribution in [0.2, 0.25) is 0 Å². The zero-order valence-corrected chi connectivity index (χ0v) is 12.4. The maximum atomic E-state index is 12.9. The zero-order chi connectivity index (χ0) is 15.8. The fraction of sp³-hybridized carbons (Fsp3) is 0.389. The molecule has 4 nitrogen and oxygen atoms in total. The third kappa shape index (κ3) is 1.57. The van der Waals surface area contributed by atoms with Crippen LogP contribution in [0.4, 0.5) is 4.39 Å². The first-order valence-electron chi connectivity index (χ1n) is 7.97. The van der Waals surface area contributed by atoms with Gasteiger partial charge in [-0.05, 0) is 47.8 Å². The lowest BCUT2D eigenvalue weighted by atomic mass is 9.85. The Labute approximate surface area is 132 Å². The van der Waals surface area contributed by atoms with E-state index in [1.165, 1.54) is 18.3 Å². The van der Waals surface area contributed by atoms with Gasteiger partial charge < -0.3 is 0 Å². The first-order valence-corrected chi connectivity index (χ1v) is 7.97. The minimum atomic E-state index is -0.331. The highest BCUT2D eigenvalue weighted by molar-refractivity contribution is 6.07. The molecule has 4 aliphatic rings. The van der Waals surface area contributed by atoms with E-state index in [-0.39, 0.29) is 46.7 Å².